The largest absolute Gasteiger partial charge is 0.480 e. The minimum Gasteiger partial charge on any atom is -0.480 e. The number of hydrogen-bond acceptors (Lipinski definition) is 4. The van der Waals surface area contributed by atoms with Crippen molar-refractivity contribution in [2.45, 2.75) is 12.8 Å². The molecule has 1 unspecified atom stereocenters. The maximum absolute atomic E-state index is 10.6. The van der Waals surface area contributed by atoms with Crippen LogP contribution in [-0.2, 0) is 14.3 Å². The van der Waals surface area contributed by atoms with Gasteiger partial charge in [0.2, 0.25) is 0 Å². The van der Waals surface area contributed by atoms with Crippen molar-refractivity contribution in [1.82, 2.24) is 4.90 Å². The number of carbonyl (C=O) groups is 2. The standard InChI is InChI=1S/C10H17NO5/c12-9(13)5-11(6-10(14)15)4-8-2-1-3-16-7-8/h8H,1-7H2,(H,12,13)(H,14,15). The van der Waals surface area contributed by atoms with E-state index in [1.54, 1.807) is 0 Å². The monoisotopic (exact) mass is 231 g/mol. The fraction of sp³-hybridized carbons (Fsp3) is 0.800. The highest BCUT2D eigenvalue weighted by atomic mass is 16.5. The van der Waals surface area contributed by atoms with Crippen LogP contribution in [0.2, 0.25) is 0 Å². The first-order chi connectivity index (χ1) is 7.58. The van der Waals surface area contributed by atoms with Gasteiger partial charge in [-0.25, -0.2) is 0 Å². The second kappa shape index (κ2) is 6.44. The van der Waals surface area contributed by atoms with Gasteiger partial charge >= 0.3 is 11.9 Å². The highest BCUT2D eigenvalue weighted by Crippen LogP contribution is 2.14. The van der Waals surface area contributed by atoms with Crippen LogP contribution in [0.15, 0.2) is 0 Å². The van der Waals surface area contributed by atoms with Gasteiger partial charge in [0.15, 0.2) is 0 Å². The van der Waals surface area contributed by atoms with Crippen LogP contribution in [0.3, 0.4) is 0 Å². The third kappa shape index (κ3) is 5.09. The Morgan fingerprint density at radius 1 is 1.25 bits per heavy atom. The van der Waals surface area contributed by atoms with Crippen molar-refractivity contribution in [3.63, 3.8) is 0 Å². The van der Waals surface area contributed by atoms with Crippen LogP contribution < -0.4 is 0 Å². The molecule has 0 aromatic carbocycles. The number of carboxylic acids is 2. The second-order valence-electron chi connectivity index (χ2n) is 4.04. The first-order valence-corrected chi connectivity index (χ1v) is 5.31. The maximum Gasteiger partial charge on any atom is 0.317 e. The summed E-state index contributed by atoms with van der Waals surface area (Å²) in [5.74, 6) is -1.76. The second-order valence-corrected chi connectivity index (χ2v) is 4.04. The van der Waals surface area contributed by atoms with E-state index in [1.807, 2.05) is 0 Å². The number of carboxylic acid groups (broad SMARTS) is 2. The third-order valence-electron chi connectivity index (χ3n) is 2.49. The van der Waals surface area contributed by atoms with Crippen LogP contribution in [0.5, 0.6) is 0 Å². The lowest BCUT2D eigenvalue weighted by molar-refractivity contribution is -0.142. The van der Waals surface area contributed by atoms with Gasteiger partial charge < -0.3 is 14.9 Å². The summed E-state index contributed by atoms with van der Waals surface area (Å²) in [6.07, 6.45) is 1.92. The molecule has 0 spiro atoms. The molecule has 0 aromatic rings. The van der Waals surface area contributed by atoms with E-state index in [9.17, 15) is 9.59 Å². The van der Waals surface area contributed by atoms with Gasteiger partial charge in [0.1, 0.15) is 0 Å². The van der Waals surface area contributed by atoms with Gasteiger partial charge in [-0.2, -0.15) is 0 Å². The molecule has 92 valence electrons. The van der Waals surface area contributed by atoms with Gasteiger partial charge in [-0.3, -0.25) is 14.5 Å². The Hall–Kier alpha value is -1.14. The summed E-state index contributed by atoms with van der Waals surface area (Å²) in [4.78, 5) is 22.6. The minimum atomic E-state index is -1.00. The van der Waals surface area contributed by atoms with E-state index in [0.717, 1.165) is 19.4 Å². The fourth-order valence-corrected chi connectivity index (χ4v) is 1.88. The van der Waals surface area contributed by atoms with Crippen LogP contribution in [0, 0.1) is 5.92 Å². The molecule has 1 saturated heterocycles. The molecule has 0 aromatic heterocycles. The Morgan fingerprint density at radius 3 is 2.31 bits per heavy atom. The van der Waals surface area contributed by atoms with E-state index in [-0.39, 0.29) is 19.0 Å². The highest BCUT2D eigenvalue weighted by Gasteiger charge is 2.20. The lowest BCUT2D eigenvalue weighted by atomic mass is 10.0. The quantitative estimate of drug-likeness (QED) is 0.663. The van der Waals surface area contributed by atoms with E-state index in [1.165, 1.54) is 4.90 Å². The fourth-order valence-electron chi connectivity index (χ4n) is 1.88. The molecule has 6 nitrogen and oxygen atoms in total. The minimum absolute atomic E-state index is 0.233. The van der Waals surface area contributed by atoms with Crippen molar-refractivity contribution in [2.75, 3.05) is 32.8 Å². The van der Waals surface area contributed by atoms with Crippen LogP contribution in [0.4, 0.5) is 0 Å². The van der Waals surface area contributed by atoms with E-state index in [4.69, 9.17) is 14.9 Å². The Labute approximate surface area is 93.8 Å². The van der Waals surface area contributed by atoms with E-state index in [0.29, 0.717) is 13.2 Å². The Bertz CT molecular complexity index is 234. The lowest BCUT2D eigenvalue weighted by Crippen LogP contribution is -2.39. The summed E-state index contributed by atoms with van der Waals surface area (Å²) >= 11 is 0. The van der Waals surface area contributed by atoms with E-state index in [2.05, 4.69) is 0 Å². The lowest BCUT2D eigenvalue weighted by Gasteiger charge is -2.27. The normalized spacial score (nSPS) is 20.9. The van der Waals surface area contributed by atoms with Gasteiger partial charge in [0.05, 0.1) is 19.7 Å². The molecule has 16 heavy (non-hydrogen) atoms. The van der Waals surface area contributed by atoms with Gasteiger partial charge in [-0.1, -0.05) is 0 Å². The van der Waals surface area contributed by atoms with Crippen molar-refractivity contribution in [2.24, 2.45) is 5.92 Å². The van der Waals surface area contributed by atoms with Crippen LogP contribution >= 0.6 is 0 Å². The molecule has 0 bridgehead atoms. The molecular weight excluding hydrogens is 214 g/mol. The Balaban J connectivity index is 2.40. The average molecular weight is 231 g/mol. The van der Waals surface area contributed by atoms with E-state index >= 15 is 0 Å². The zero-order valence-electron chi connectivity index (χ0n) is 9.09. The third-order valence-corrected chi connectivity index (χ3v) is 2.49. The summed E-state index contributed by atoms with van der Waals surface area (Å²) in [6.45, 7) is 1.34. The Kier molecular flexibility index (Phi) is 5.21. The summed E-state index contributed by atoms with van der Waals surface area (Å²) < 4.78 is 5.27. The molecule has 2 N–H and O–H groups in total. The van der Waals surface area contributed by atoms with Crippen molar-refractivity contribution < 1.29 is 24.5 Å². The zero-order valence-corrected chi connectivity index (χ0v) is 9.09. The van der Waals surface area contributed by atoms with Crippen molar-refractivity contribution in [1.29, 1.82) is 0 Å². The summed E-state index contributed by atoms with van der Waals surface area (Å²) in [5, 5.41) is 17.3. The molecule has 1 aliphatic rings. The topological polar surface area (TPSA) is 87.1 Å². The number of nitrogens with zero attached hydrogens (tertiary/aromatic N) is 1. The number of aliphatic carboxylic acids is 2. The Morgan fingerprint density at radius 2 is 1.88 bits per heavy atom. The first-order valence-electron chi connectivity index (χ1n) is 5.31. The molecule has 0 aliphatic carbocycles. The SMILES string of the molecule is O=C(O)CN(CC(=O)O)CC1CCCOC1. The molecule has 1 aliphatic heterocycles. The molecule has 0 saturated carbocycles. The molecule has 1 fully saturated rings. The number of rotatable bonds is 6. The molecule has 6 heteroatoms. The highest BCUT2D eigenvalue weighted by molar-refractivity contribution is 5.72. The number of ether oxygens (including phenoxy) is 1. The van der Waals surface area contributed by atoms with Gasteiger partial charge in [0, 0.05) is 13.2 Å². The van der Waals surface area contributed by atoms with Crippen LogP contribution in [-0.4, -0.2) is 59.9 Å². The molecule has 0 amide bonds. The van der Waals surface area contributed by atoms with E-state index < -0.39 is 11.9 Å². The molecule has 1 heterocycles. The van der Waals surface area contributed by atoms with Gasteiger partial charge in [0.25, 0.3) is 0 Å². The van der Waals surface area contributed by atoms with Crippen molar-refractivity contribution >= 4 is 11.9 Å². The van der Waals surface area contributed by atoms with Crippen molar-refractivity contribution in [3.05, 3.63) is 0 Å². The molecule has 0 radical (unpaired) electrons. The molecular formula is C10H17NO5. The zero-order chi connectivity index (χ0) is 12.0. The van der Waals surface area contributed by atoms with Crippen LogP contribution in [0.25, 0.3) is 0 Å². The maximum atomic E-state index is 10.6. The summed E-state index contributed by atoms with van der Waals surface area (Å²) in [6, 6.07) is 0. The summed E-state index contributed by atoms with van der Waals surface area (Å²) in [7, 11) is 0. The summed E-state index contributed by atoms with van der Waals surface area (Å²) in [5.41, 5.74) is 0. The molecule has 1 rings (SSSR count). The predicted octanol–water partition coefficient (Wildman–Crippen LogP) is -0.116. The van der Waals surface area contributed by atoms with Gasteiger partial charge in [-0.05, 0) is 18.8 Å². The predicted molar refractivity (Wildman–Crippen MR) is 55.3 cm³/mol. The van der Waals surface area contributed by atoms with Crippen LogP contribution in [0.1, 0.15) is 12.8 Å². The first kappa shape index (κ1) is 12.9. The number of hydrogen-bond donors (Lipinski definition) is 2. The smallest absolute Gasteiger partial charge is 0.317 e. The van der Waals surface area contributed by atoms with Crippen molar-refractivity contribution in [3.8, 4) is 0 Å². The van der Waals surface area contributed by atoms with Gasteiger partial charge in [-0.15, -0.1) is 0 Å². The molecule has 1 atom stereocenters. The average Bonchev–Trinajstić information content (AvgIpc) is 2.16.